The van der Waals surface area contributed by atoms with E-state index in [-0.39, 0.29) is 12.0 Å². The van der Waals surface area contributed by atoms with Gasteiger partial charge in [-0.25, -0.2) is 14.6 Å². The normalized spacial score (nSPS) is 17.2. The number of nitrogen functional groups attached to an aromatic ring is 1. The maximum absolute atomic E-state index is 9.81. The van der Waals surface area contributed by atoms with Gasteiger partial charge in [-0.2, -0.15) is 5.10 Å². The van der Waals surface area contributed by atoms with Crippen LogP contribution in [0.25, 0.3) is 11.0 Å². The zero-order chi connectivity index (χ0) is 21.7. The van der Waals surface area contributed by atoms with Crippen LogP contribution in [-0.4, -0.2) is 56.2 Å². The number of aromatic nitrogens is 4. The van der Waals surface area contributed by atoms with Gasteiger partial charge < -0.3 is 15.6 Å². The topological polar surface area (TPSA) is 102 Å². The fraction of sp³-hybridized carbons (Fsp3) is 0.450. The van der Waals surface area contributed by atoms with Gasteiger partial charge >= 0.3 is 0 Å². The van der Waals surface area contributed by atoms with Crippen LogP contribution in [-0.2, 0) is 0 Å². The van der Waals surface area contributed by atoms with E-state index in [1.54, 1.807) is 18.7 Å². The highest BCUT2D eigenvalue weighted by atomic mass is 35.5. The molecule has 1 aliphatic rings. The van der Waals surface area contributed by atoms with Crippen molar-refractivity contribution in [2.24, 2.45) is 0 Å². The number of benzene rings is 1. The number of ether oxygens (including phenoxy) is 1. The number of aryl methyl sites for hydroxylation is 1. The lowest BCUT2D eigenvalue weighted by molar-refractivity contribution is -0.0334. The summed E-state index contributed by atoms with van der Waals surface area (Å²) in [4.78, 5) is 10.4. The molecule has 160 valence electrons. The third-order valence-corrected chi connectivity index (χ3v) is 6.60. The first-order valence-electron chi connectivity index (χ1n) is 9.67. The van der Waals surface area contributed by atoms with Gasteiger partial charge in [0.2, 0.25) is 0 Å². The van der Waals surface area contributed by atoms with Crippen LogP contribution in [0.1, 0.15) is 42.6 Å². The molecule has 0 unspecified atom stereocenters. The van der Waals surface area contributed by atoms with Crippen LogP contribution < -0.4 is 10.5 Å². The van der Waals surface area contributed by atoms with Crippen molar-refractivity contribution in [1.82, 2.24) is 24.6 Å². The number of rotatable bonds is 5. The highest BCUT2D eigenvalue weighted by molar-refractivity contribution is 6.42. The average molecular weight is 451 g/mol. The highest BCUT2D eigenvalue weighted by Gasteiger charge is 2.36. The maximum atomic E-state index is 9.81. The molecule has 3 aromatic rings. The van der Waals surface area contributed by atoms with Crippen molar-refractivity contribution < 1.29 is 9.84 Å². The molecule has 2 atom stereocenters. The van der Waals surface area contributed by atoms with E-state index in [9.17, 15) is 5.11 Å². The van der Waals surface area contributed by atoms with Gasteiger partial charge in [-0.3, -0.25) is 4.90 Å². The number of hydrogen-bond donors (Lipinski definition) is 2. The highest BCUT2D eigenvalue weighted by Crippen LogP contribution is 2.46. The largest absolute Gasteiger partial charge is 0.496 e. The van der Waals surface area contributed by atoms with Crippen LogP contribution in [0.5, 0.6) is 5.75 Å². The van der Waals surface area contributed by atoms with Gasteiger partial charge in [0.1, 0.15) is 24.1 Å². The second-order valence-electron chi connectivity index (χ2n) is 7.65. The second kappa shape index (κ2) is 7.85. The summed E-state index contributed by atoms with van der Waals surface area (Å²) in [6.45, 7) is 6.98. The molecule has 1 aliphatic heterocycles. The number of aliphatic hydroxyl groups is 1. The fourth-order valence-electron chi connectivity index (χ4n) is 4.12. The minimum Gasteiger partial charge on any atom is -0.496 e. The number of nitrogens with zero attached hydrogens (tertiary/aromatic N) is 5. The molecule has 3 heterocycles. The first-order valence-corrected chi connectivity index (χ1v) is 10.4. The van der Waals surface area contributed by atoms with Crippen LogP contribution in [0.4, 0.5) is 5.82 Å². The molecule has 4 rings (SSSR count). The molecule has 0 saturated carbocycles. The third kappa shape index (κ3) is 3.28. The summed E-state index contributed by atoms with van der Waals surface area (Å²) >= 11 is 13.1. The molecule has 2 aromatic heterocycles. The Morgan fingerprint density at radius 2 is 1.97 bits per heavy atom. The van der Waals surface area contributed by atoms with Crippen molar-refractivity contribution in [2.45, 2.75) is 39.0 Å². The molecule has 3 N–H and O–H groups in total. The number of hydrogen-bond acceptors (Lipinski definition) is 7. The molecule has 1 saturated heterocycles. The lowest BCUT2D eigenvalue weighted by Gasteiger charge is -2.42. The minimum atomic E-state index is -0.507. The quantitative estimate of drug-likeness (QED) is 0.613. The van der Waals surface area contributed by atoms with Crippen molar-refractivity contribution >= 4 is 40.1 Å². The molecule has 10 heteroatoms. The Hall–Kier alpha value is -2.13. The Labute approximate surface area is 184 Å². The Morgan fingerprint density at radius 1 is 1.27 bits per heavy atom. The lowest BCUT2D eigenvalue weighted by Crippen LogP contribution is -2.49. The van der Waals surface area contributed by atoms with E-state index in [1.807, 2.05) is 24.8 Å². The van der Waals surface area contributed by atoms with Gasteiger partial charge in [-0.15, -0.1) is 0 Å². The molecule has 0 amide bonds. The van der Waals surface area contributed by atoms with Crippen molar-refractivity contribution in [1.29, 1.82) is 0 Å². The number of aliphatic hydroxyl groups excluding tert-OH is 1. The van der Waals surface area contributed by atoms with Crippen LogP contribution >= 0.6 is 23.2 Å². The predicted octanol–water partition coefficient (Wildman–Crippen LogP) is 3.38. The molecule has 1 fully saturated rings. The van der Waals surface area contributed by atoms with Crippen LogP contribution in [0.3, 0.4) is 0 Å². The average Bonchev–Trinajstić information content (AvgIpc) is 3.00. The van der Waals surface area contributed by atoms with Crippen LogP contribution in [0.15, 0.2) is 12.4 Å². The summed E-state index contributed by atoms with van der Waals surface area (Å²) in [6, 6.07) is 1.57. The standard InChI is InChI=1S/C20H24Cl2N6O2/c1-9-15-19(23)24-8-25-20(15)28(26-9)10(2)13-5-14(21)17(22)16(18(13)30-4)12-6-27(7-12)11(3)29/h5,8,10-12,29H,6-7H2,1-4H3,(H2,23,24,25)/t10-,11-/m1/s1. The third-order valence-electron chi connectivity index (χ3n) is 5.80. The summed E-state index contributed by atoms with van der Waals surface area (Å²) in [6.07, 6.45) is 0.922. The number of fused-ring (bicyclic) bond motifs is 1. The van der Waals surface area contributed by atoms with Gasteiger partial charge in [-0.05, 0) is 26.8 Å². The summed E-state index contributed by atoms with van der Waals surface area (Å²) in [7, 11) is 1.62. The van der Waals surface area contributed by atoms with Gasteiger partial charge in [0.05, 0.1) is 34.3 Å². The first-order chi connectivity index (χ1) is 14.2. The van der Waals surface area contributed by atoms with Crippen molar-refractivity contribution in [3.8, 4) is 5.75 Å². The Morgan fingerprint density at radius 3 is 2.60 bits per heavy atom. The van der Waals surface area contributed by atoms with E-state index in [2.05, 4.69) is 15.1 Å². The van der Waals surface area contributed by atoms with Gasteiger partial charge in [0.25, 0.3) is 0 Å². The van der Waals surface area contributed by atoms with E-state index < -0.39 is 6.23 Å². The SMILES string of the molecule is COc1c([C@@H](C)n2nc(C)c3c(N)ncnc32)cc(Cl)c(Cl)c1C1CN([C@@H](C)O)C1. The van der Waals surface area contributed by atoms with Gasteiger partial charge in [0.15, 0.2) is 5.65 Å². The van der Waals surface area contributed by atoms with E-state index in [0.29, 0.717) is 40.3 Å². The van der Waals surface area contributed by atoms with E-state index >= 15 is 0 Å². The smallest absolute Gasteiger partial charge is 0.164 e. The second-order valence-corrected chi connectivity index (χ2v) is 8.44. The molecular weight excluding hydrogens is 427 g/mol. The molecular formula is C20H24Cl2N6O2. The predicted molar refractivity (Wildman–Crippen MR) is 117 cm³/mol. The first kappa shape index (κ1) is 21.1. The zero-order valence-electron chi connectivity index (χ0n) is 17.2. The van der Waals surface area contributed by atoms with Crippen LogP contribution in [0, 0.1) is 6.92 Å². The van der Waals surface area contributed by atoms with E-state index in [4.69, 9.17) is 33.7 Å². The molecule has 0 aliphatic carbocycles. The number of anilines is 1. The lowest BCUT2D eigenvalue weighted by atomic mass is 9.88. The van der Waals surface area contributed by atoms with E-state index in [0.717, 1.165) is 22.2 Å². The number of nitrogens with two attached hydrogens (primary N) is 1. The van der Waals surface area contributed by atoms with Gasteiger partial charge in [-0.1, -0.05) is 23.2 Å². The molecule has 8 nitrogen and oxygen atoms in total. The van der Waals surface area contributed by atoms with Crippen molar-refractivity contribution in [3.63, 3.8) is 0 Å². The fourth-order valence-corrected chi connectivity index (χ4v) is 4.64. The van der Waals surface area contributed by atoms with Gasteiger partial charge in [0, 0.05) is 30.1 Å². The Kier molecular flexibility index (Phi) is 5.52. The number of methoxy groups -OCH3 is 1. The number of likely N-dealkylation sites (tertiary alicyclic amines) is 1. The monoisotopic (exact) mass is 450 g/mol. The maximum Gasteiger partial charge on any atom is 0.164 e. The zero-order valence-corrected chi connectivity index (χ0v) is 18.7. The molecule has 0 spiro atoms. The van der Waals surface area contributed by atoms with Crippen molar-refractivity contribution in [2.75, 3.05) is 25.9 Å². The number of halogens is 2. The molecule has 1 aromatic carbocycles. The summed E-state index contributed by atoms with van der Waals surface area (Å²) in [5.41, 5.74) is 9.14. The summed E-state index contributed by atoms with van der Waals surface area (Å²) < 4.78 is 7.63. The molecule has 30 heavy (non-hydrogen) atoms. The van der Waals surface area contributed by atoms with Crippen molar-refractivity contribution in [3.05, 3.63) is 39.3 Å². The summed E-state index contributed by atoms with van der Waals surface area (Å²) in [5.74, 6) is 1.18. The van der Waals surface area contributed by atoms with Crippen LogP contribution in [0.2, 0.25) is 10.0 Å². The minimum absolute atomic E-state index is 0.112. The molecule has 0 radical (unpaired) electrons. The van der Waals surface area contributed by atoms with E-state index in [1.165, 1.54) is 6.33 Å². The Balaban J connectivity index is 1.83. The Bertz CT molecular complexity index is 1110. The summed E-state index contributed by atoms with van der Waals surface area (Å²) in [5, 5.41) is 16.1. The molecule has 0 bridgehead atoms.